The standard InChI is InChI=1S/C21H19N3O4/c25-16-8-9-19-13(11-16)5-7-15-12-14(23-24(15)19)6-10-20(26)22-18-4-2-1-3-17(18)21(27)28/h1-4,8-9,11-12,25H,5-7,10H2,(H,22,26)(H,27,28). The maximum Gasteiger partial charge on any atom is 0.337 e. The molecule has 0 radical (unpaired) electrons. The molecule has 0 saturated carbocycles. The first-order chi connectivity index (χ1) is 13.5. The molecule has 1 aromatic heterocycles. The van der Waals surface area contributed by atoms with Gasteiger partial charge < -0.3 is 15.5 Å². The Morgan fingerprint density at radius 2 is 1.93 bits per heavy atom. The van der Waals surface area contributed by atoms with E-state index >= 15 is 0 Å². The number of carboxylic acid groups (broad SMARTS) is 1. The third kappa shape index (κ3) is 3.46. The average Bonchev–Trinajstić information content (AvgIpc) is 3.10. The minimum absolute atomic E-state index is 0.0631. The number of aromatic carboxylic acids is 1. The maximum atomic E-state index is 12.3. The lowest BCUT2D eigenvalue weighted by Gasteiger charge is -2.17. The SMILES string of the molecule is O=C(CCc1cc2n(n1)-c1ccc(O)cc1CC2)Nc1ccccc1C(=O)O. The van der Waals surface area contributed by atoms with Gasteiger partial charge in [-0.2, -0.15) is 5.10 Å². The van der Waals surface area contributed by atoms with Crippen LogP contribution in [0.4, 0.5) is 5.69 Å². The van der Waals surface area contributed by atoms with Crippen LogP contribution in [0.5, 0.6) is 5.75 Å². The Labute approximate surface area is 161 Å². The molecule has 0 atom stereocenters. The minimum atomic E-state index is -1.08. The molecular weight excluding hydrogens is 358 g/mol. The molecule has 0 bridgehead atoms. The van der Waals surface area contributed by atoms with E-state index in [1.807, 2.05) is 16.8 Å². The second-order valence-electron chi connectivity index (χ2n) is 6.75. The molecule has 2 aromatic carbocycles. The van der Waals surface area contributed by atoms with Crippen molar-refractivity contribution in [2.24, 2.45) is 0 Å². The zero-order chi connectivity index (χ0) is 19.7. The van der Waals surface area contributed by atoms with Crippen molar-refractivity contribution in [3.8, 4) is 11.4 Å². The Bertz CT molecular complexity index is 1070. The van der Waals surface area contributed by atoms with E-state index in [-0.39, 0.29) is 29.3 Å². The number of carboxylic acids is 1. The van der Waals surface area contributed by atoms with Crippen molar-refractivity contribution in [2.45, 2.75) is 25.7 Å². The van der Waals surface area contributed by atoms with Gasteiger partial charge >= 0.3 is 5.97 Å². The van der Waals surface area contributed by atoms with Gasteiger partial charge in [0.15, 0.2) is 0 Å². The van der Waals surface area contributed by atoms with Gasteiger partial charge in [0.1, 0.15) is 5.75 Å². The Kier molecular flexibility index (Phi) is 4.57. The van der Waals surface area contributed by atoms with E-state index in [1.54, 1.807) is 30.3 Å². The topological polar surface area (TPSA) is 104 Å². The molecule has 1 aliphatic heterocycles. The fourth-order valence-electron chi connectivity index (χ4n) is 3.46. The number of phenols is 1. The molecule has 0 fully saturated rings. The summed E-state index contributed by atoms with van der Waals surface area (Å²) in [6.07, 6.45) is 2.31. The number of amides is 1. The molecule has 3 N–H and O–H groups in total. The number of para-hydroxylation sites is 1. The summed E-state index contributed by atoms with van der Waals surface area (Å²) < 4.78 is 1.87. The molecule has 0 unspecified atom stereocenters. The van der Waals surface area contributed by atoms with Gasteiger partial charge in [0.25, 0.3) is 0 Å². The van der Waals surface area contributed by atoms with Crippen LogP contribution >= 0.6 is 0 Å². The number of carbonyl (C=O) groups excluding carboxylic acids is 1. The van der Waals surface area contributed by atoms with Crippen molar-refractivity contribution in [3.05, 3.63) is 71.0 Å². The van der Waals surface area contributed by atoms with E-state index in [4.69, 9.17) is 0 Å². The van der Waals surface area contributed by atoms with Crippen molar-refractivity contribution in [3.63, 3.8) is 0 Å². The van der Waals surface area contributed by atoms with Gasteiger partial charge in [0.05, 0.1) is 22.6 Å². The molecule has 0 saturated heterocycles. The molecular formula is C21H19N3O4. The Morgan fingerprint density at radius 1 is 1.11 bits per heavy atom. The van der Waals surface area contributed by atoms with Crippen molar-refractivity contribution >= 4 is 17.6 Å². The first-order valence-corrected chi connectivity index (χ1v) is 9.03. The average molecular weight is 377 g/mol. The molecule has 0 spiro atoms. The third-order valence-electron chi connectivity index (χ3n) is 4.82. The first-order valence-electron chi connectivity index (χ1n) is 9.03. The van der Waals surface area contributed by atoms with Crippen molar-refractivity contribution in [1.82, 2.24) is 9.78 Å². The summed E-state index contributed by atoms with van der Waals surface area (Å²) >= 11 is 0. The monoisotopic (exact) mass is 377 g/mol. The summed E-state index contributed by atoms with van der Waals surface area (Å²) in [5.74, 6) is -1.10. The van der Waals surface area contributed by atoms with Crippen molar-refractivity contribution in [1.29, 1.82) is 0 Å². The lowest BCUT2D eigenvalue weighted by molar-refractivity contribution is -0.116. The van der Waals surface area contributed by atoms with Gasteiger partial charge in [-0.15, -0.1) is 0 Å². The molecule has 7 heteroatoms. The number of fused-ring (bicyclic) bond motifs is 3. The lowest BCUT2D eigenvalue weighted by Crippen LogP contribution is -2.15. The van der Waals surface area contributed by atoms with Crippen LogP contribution in [-0.4, -0.2) is 31.9 Å². The molecule has 1 aliphatic rings. The first kappa shape index (κ1) is 17.8. The predicted octanol–water partition coefficient (Wildman–Crippen LogP) is 2.95. The molecule has 2 heterocycles. The molecule has 3 aromatic rings. The molecule has 142 valence electrons. The van der Waals surface area contributed by atoms with Gasteiger partial charge in [-0.05, 0) is 54.8 Å². The number of nitrogens with zero attached hydrogens (tertiary/aromatic N) is 2. The Hall–Kier alpha value is -3.61. The molecule has 7 nitrogen and oxygen atoms in total. The quantitative estimate of drug-likeness (QED) is 0.634. The van der Waals surface area contributed by atoms with Crippen LogP contribution in [0.25, 0.3) is 5.69 Å². The van der Waals surface area contributed by atoms with Crippen LogP contribution in [0.2, 0.25) is 0 Å². The van der Waals surface area contributed by atoms with E-state index in [0.29, 0.717) is 6.42 Å². The number of anilines is 1. The van der Waals surface area contributed by atoms with E-state index in [2.05, 4.69) is 10.4 Å². The highest BCUT2D eigenvalue weighted by molar-refractivity contribution is 6.00. The largest absolute Gasteiger partial charge is 0.508 e. The highest BCUT2D eigenvalue weighted by Crippen LogP contribution is 2.28. The van der Waals surface area contributed by atoms with E-state index in [1.165, 1.54) is 6.07 Å². The van der Waals surface area contributed by atoms with Crippen molar-refractivity contribution < 1.29 is 19.8 Å². The number of carbonyl (C=O) groups is 2. The normalized spacial score (nSPS) is 12.1. The lowest BCUT2D eigenvalue weighted by atomic mass is 10.0. The number of phenolic OH excluding ortho intramolecular Hbond substituents is 1. The van der Waals surface area contributed by atoms with Crippen LogP contribution in [0.15, 0.2) is 48.5 Å². The minimum Gasteiger partial charge on any atom is -0.508 e. The Balaban J connectivity index is 1.45. The van der Waals surface area contributed by atoms with Crippen molar-refractivity contribution in [2.75, 3.05) is 5.32 Å². The number of aromatic hydroxyl groups is 1. The van der Waals surface area contributed by atoms with Crippen LogP contribution in [-0.2, 0) is 24.1 Å². The van der Waals surface area contributed by atoms with E-state index in [9.17, 15) is 19.8 Å². The number of hydrogen-bond donors (Lipinski definition) is 3. The van der Waals surface area contributed by atoms with Crippen LogP contribution < -0.4 is 5.32 Å². The maximum absolute atomic E-state index is 12.3. The van der Waals surface area contributed by atoms with Crippen LogP contribution in [0, 0.1) is 0 Å². The van der Waals surface area contributed by atoms with Gasteiger partial charge in [-0.3, -0.25) is 4.79 Å². The summed E-state index contributed by atoms with van der Waals surface area (Å²) in [6.45, 7) is 0. The molecule has 1 amide bonds. The highest BCUT2D eigenvalue weighted by Gasteiger charge is 2.19. The molecule has 0 aliphatic carbocycles. The number of hydrogen-bond acceptors (Lipinski definition) is 4. The highest BCUT2D eigenvalue weighted by atomic mass is 16.4. The van der Waals surface area contributed by atoms with Gasteiger partial charge in [-0.25, -0.2) is 9.48 Å². The van der Waals surface area contributed by atoms with E-state index in [0.717, 1.165) is 35.5 Å². The van der Waals surface area contributed by atoms with Gasteiger partial charge in [-0.1, -0.05) is 12.1 Å². The predicted molar refractivity (Wildman–Crippen MR) is 103 cm³/mol. The zero-order valence-electron chi connectivity index (χ0n) is 15.1. The summed E-state index contributed by atoms with van der Waals surface area (Å²) in [7, 11) is 0. The van der Waals surface area contributed by atoms with Crippen LogP contribution in [0.1, 0.15) is 33.7 Å². The Morgan fingerprint density at radius 3 is 2.75 bits per heavy atom. The van der Waals surface area contributed by atoms with Crippen LogP contribution in [0.3, 0.4) is 0 Å². The third-order valence-corrected chi connectivity index (χ3v) is 4.82. The van der Waals surface area contributed by atoms with Gasteiger partial charge in [0.2, 0.25) is 5.91 Å². The number of rotatable bonds is 5. The van der Waals surface area contributed by atoms with Gasteiger partial charge in [0, 0.05) is 18.5 Å². The van der Waals surface area contributed by atoms with E-state index < -0.39 is 5.97 Å². The number of benzene rings is 2. The second kappa shape index (κ2) is 7.19. The number of nitrogens with one attached hydrogen (secondary N) is 1. The smallest absolute Gasteiger partial charge is 0.337 e. The summed E-state index contributed by atoms with van der Waals surface area (Å²) in [4.78, 5) is 23.5. The summed E-state index contributed by atoms with van der Waals surface area (Å²) in [5, 5.41) is 26.1. The molecule has 28 heavy (non-hydrogen) atoms. The second-order valence-corrected chi connectivity index (χ2v) is 6.75. The zero-order valence-corrected chi connectivity index (χ0v) is 15.1. The fraction of sp³-hybridized carbons (Fsp3) is 0.190. The number of aromatic nitrogens is 2. The fourth-order valence-corrected chi connectivity index (χ4v) is 3.46. The number of aryl methyl sites for hydroxylation is 3. The molecule has 4 rings (SSSR count). The summed E-state index contributed by atoms with van der Waals surface area (Å²) in [6, 6.07) is 13.6. The summed E-state index contributed by atoms with van der Waals surface area (Å²) in [5.41, 5.74) is 4.23.